The van der Waals surface area contributed by atoms with Crippen LogP contribution in [0, 0.1) is 0 Å². The van der Waals surface area contributed by atoms with Crippen LogP contribution >= 0.6 is 0 Å². The van der Waals surface area contributed by atoms with Gasteiger partial charge in [-0.1, -0.05) is 64.5 Å². The molecule has 0 rings (SSSR count). The van der Waals surface area contributed by atoms with Crippen LogP contribution in [0.25, 0.3) is 0 Å². The second kappa shape index (κ2) is 14.6. The van der Waals surface area contributed by atoms with Crippen LogP contribution in [0.2, 0.25) is 0 Å². The van der Waals surface area contributed by atoms with Crippen molar-refractivity contribution in [2.75, 3.05) is 13.1 Å². The third-order valence-electron chi connectivity index (χ3n) is 3.64. The summed E-state index contributed by atoms with van der Waals surface area (Å²) in [5.41, 5.74) is 0. The van der Waals surface area contributed by atoms with E-state index in [0.29, 0.717) is 19.4 Å². The molecule has 0 aromatic heterocycles. The summed E-state index contributed by atoms with van der Waals surface area (Å²) < 4.78 is 0. The van der Waals surface area contributed by atoms with E-state index in [4.69, 9.17) is 5.11 Å². The van der Waals surface area contributed by atoms with Gasteiger partial charge >= 0.3 is 5.97 Å². The number of aliphatic carboxylic acids is 1. The van der Waals surface area contributed by atoms with Crippen molar-refractivity contribution in [3.63, 3.8) is 0 Å². The Morgan fingerprint density at radius 3 is 2.18 bits per heavy atom. The highest BCUT2D eigenvalue weighted by Crippen LogP contribution is 2.08. The normalized spacial score (nSPS) is 11.0. The van der Waals surface area contributed by atoms with Crippen molar-refractivity contribution in [3.8, 4) is 0 Å². The molecule has 0 radical (unpaired) electrons. The van der Waals surface area contributed by atoms with E-state index in [1.165, 1.54) is 37.0 Å². The molecule has 0 saturated carbocycles. The molecule has 0 heterocycles. The summed E-state index contributed by atoms with van der Waals surface area (Å²) in [4.78, 5) is 24.5. The molecule has 0 spiro atoms. The SMILES string of the molecule is CC/C=C/CCC(=O)N(CCCCCCCCC)CC(=O)O. The lowest BCUT2D eigenvalue weighted by atomic mass is 10.1. The Hall–Kier alpha value is -1.32. The maximum absolute atomic E-state index is 12.1. The zero-order valence-corrected chi connectivity index (χ0v) is 14.4. The first-order valence-corrected chi connectivity index (χ1v) is 8.76. The number of rotatable bonds is 14. The van der Waals surface area contributed by atoms with Crippen LogP contribution < -0.4 is 0 Å². The highest BCUT2D eigenvalue weighted by atomic mass is 16.4. The van der Waals surface area contributed by atoms with Crippen LogP contribution in [-0.2, 0) is 9.59 Å². The summed E-state index contributed by atoms with van der Waals surface area (Å²) in [6.07, 6.45) is 14.3. The van der Waals surface area contributed by atoms with Gasteiger partial charge in [0.25, 0.3) is 0 Å². The number of carboxylic acid groups (broad SMARTS) is 1. The molecular weight excluding hydrogens is 278 g/mol. The Kier molecular flexibility index (Phi) is 13.7. The lowest BCUT2D eigenvalue weighted by Gasteiger charge is -2.20. The van der Waals surface area contributed by atoms with Crippen LogP contribution in [0.1, 0.15) is 78.1 Å². The molecular formula is C18H33NO3. The maximum Gasteiger partial charge on any atom is 0.323 e. The Morgan fingerprint density at radius 1 is 0.955 bits per heavy atom. The van der Waals surface area contributed by atoms with Gasteiger partial charge in [-0.15, -0.1) is 0 Å². The predicted octanol–water partition coefficient (Wildman–Crippen LogP) is 4.40. The molecule has 0 aliphatic carbocycles. The van der Waals surface area contributed by atoms with Gasteiger partial charge in [0, 0.05) is 13.0 Å². The van der Waals surface area contributed by atoms with Gasteiger partial charge in [-0.2, -0.15) is 0 Å². The fourth-order valence-electron chi connectivity index (χ4n) is 2.36. The zero-order valence-electron chi connectivity index (χ0n) is 14.4. The number of carbonyl (C=O) groups is 2. The van der Waals surface area contributed by atoms with Gasteiger partial charge in [0.1, 0.15) is 6.54 Å². The van der Waals surface area contributed by atoms with E-state index in [1.807, 2.05) is 12.2 Å². The second-order valence-electron chi connectivity index (χ2n) is 5.75. The average molecular weight is 311 g/mol. The molecule has 1 amide bonds. The molecule has 0 aliphatic rings. The lowest BCUT2D eigenvalue weighted by Crippen LogP contribution is -2.36. The molecule has 128 valence electrons. The number of hydrogen-bond acceptors (Lipinski definition) is 2. The Bertz CT molecular complexity index is 326. The van der Waals surface area contributed by atoms with Crippen molar-refractivity contribution in [2.24, 2.45) is 0 Å². The number of carboxylic acids is 1. The van der Waals surface area contributed by atoms with E-state index in [1.54, 1.807) is 0 Å². The van der Waals surface area contributed by atoms with E-state index < -0.39 is 5.97 Å². The highest BCUT2D eigenvalue weighted by Gasteiger charge is 2.15. The number of allylic oxidation sites excluding steroid dienone is 2. The topological polar surface area (TPSA) is 57.6 Å². The molecule has 0 unspecified atom stereocenters. The largest absolute Gasteiger partial charge is 0.480 e. The second-order valence-corrected chi connectivity index (χ2v) is 5.75. The fourth-order valence-corrected chi connectivity index (χ4v) is 2.36. The third kappa shape index (κ3) is 12.4. The van der Waals surface area contributed by atoms with Crippen LogP contribution in [-0.4, -0.2) is 35.0 Å². The summed E-state index contributed by atoms with van der Waals surface area (Å²) in [7, 11) is 0. The van der Waals surface area contributed by atoms with E-state index in [-0.39, 0.29) is 12.5 Å². The van der Waals surface area contributed by atoms with Gasteiger partial charge in [0.15, 0.2) is 0 Å². The quantitative estimate of drug-likeness (QED) is 0.382. The van der Waals surface area contributed by atoms with Gasteiger partial charge in [0.2, 0.25) is 5.91 Å². The number of nitrogens with zero attached hydrogens (tertiary/aromatic N) is 1. The van der Waals surface area contributed by atoms with Crippen LogP contribution in [0.15, 0.2) is 12.2 Å². The first-order valence-electron chi connectivity index (χ1n) is 8.76. The summed E-state index contributed by atoms with van der Waals surface area (Å²) in [6.45, 7) is 4.64. The molecule has 0 aromatic carbocycles. The third-order valence-corrected chi connectivity index (χ3v) is 3.64. The Balaban J connectivity index is 3.98. The van der Waals surface area contributed by atoms with Gasteiger partial charge in [0.05, 0.1) is 0 Å². The van der Waals surface area contributed by atoms with Crippen LogP contribution in [0.3, 0.4) is 0 Å². The van der Waals surface area contributed by atoms with Crippen molar-refractivity contribution >= 4 is 11.9 Å². The first-order chi connectivity index (χ1) is 10.6. The predicted molar refractivity (Wildman–Crippen MR) is 90.9 cm³/mol. The van der Waals surface area contributed by atoms with Crippen molar-refractivity contribution in [2.45, 2.75) is 78.1 Å². The molecule has 0 saturated heterocycles. The average Bonchev–Trinajstić information content (AvgIpc) is 2.49. The van der Waals surface area contributed by atoms with E-state index in [9.17, 15) is 9.59 Å². The summed E-state index contributed by atoms with van der Waals surface area (Å²) in [5.74, 6) is -0.977. The molecule has 0 bridgehead atoms. The van der Waals surface area contributed by atoms with E-state index in [2.05, 4.69) is 13.8 Å². The highest BCUT2D eigenvalue weighted by molar-refractivity contribution is 5.81. The van der Waals surface area contributed by atoms with Crippen molar-refractivity contribution in [1.29, 1.82) is 0 Å². The van der Waals surface area contributed by atoms with Crippen molar-refractivity contribution in [1.82, 2.24) is 4.90 Å². The molecule has 0 atom stereocenters. The molecule has 4 heteroatoms. The first kappa shape index (κ1) is 20.7. The van der Waals surface area contributed by atoms with Crippen molar-refractivity contribution in [3.05, 3.63) is 12.2 Å². The summed E-state index contributed by atoms with van der Waals surface area (Å²) in [6, 6.07) is 0. The molecule has 4 nitrogen and oxygen atoms in total. The van der Waals surface area contributed by atoms with Crippen molar-refractivity contribution < 1.29 is 14.7 Å². The van der Waals surface area contributed by atoms with Gasteiger partial charge < -0.3 is 10.0 Å². The number of amides is 1. The number of hydrogen-bond donors (Lipinski definition) is 1. The summed E-state index contributed by atoms with van der Waals surface area (Å²) >= 11 is 0. The Labute approximate surface area is 135 Å². The number of carbonyl (C=O) groups excluding carboxylic acids is 1. The monoisotopic (exact) mass is 311 g/mol. The maximum atomic E-state index is 12.1. The molecule has 0 aliphatic heterocycles. The lowest BCUT2D eigenvalue weighted by molar-refractivity contribution is -0.144. The molecule has 1 N–H and O–H groups in total. The molecule has 22 heavy (non-hydrogen) atoms. The Morgan fingerprint density at radius 2 is 1.59 bits per heavy atom. The molecule has 0 aromatic rings. The number of unbranched alkanes of at least 4 members (excludes halogenated alkanes) is 6. The fraction of sp³-hybridized carbons (Fsp3) is 0.778. The minimum Gasteiger partial charge on any atom is -0.480 e. The van der Waals surface area contributed by atoms with Gasteiger partial charge in [-0.25, -0.2) is 0 Å². The summed E-state index contributed by atoms with van der Waals surface area (Å²) in [5, 5.41) is 8.93. The minimum atomic E-state index is -0.930. The van der Waals surface area contributed by atoms with Crippen LogP contribution in [0.5, 0.6) is 0 Å². The minimum absolute atomic E-state index is 0.0471. The van der Waals surface area contributed by atoms with Gasteiger partial charge in [-0.05, 0) is 19.3 Å². The zero-order chi connectivity index (χ0) is 16.6. The van der Waals surface area contributed by atoms with E-state index >= 15 is 0 Å². The van der Waals surface area contributed by atoms with Crippen LogP contribution in [0.4, 0.5) is 0 Å². The molecule has 0 fully saturated rings. The van der Waals surface area contributed by atoms with E-state index in [0.717, 1.165) is 19.3 Å². The standard InChI is InChI=1S/C18H33NO3/c1-3-5-7-9-10-11-13-15-19(16-18(21)22)17(20)14-12-8-6-4-2/h6,8H,3-5,7,9-16H2,1-2H3,(H,21,22)/b8-6+. The smallest absolute Gasteiger partial charge is 0.323 e. The van der Waals surface area contributed by atoms with Gasteiger partial charge in [-0.3, -0.25) is 9.59 Å².